The molecule has 0 atom stereocenters. The summed E-state index contributed by atoms with van der Waals surface area (Å²) >= 11 is 0. The number of aromatic nitrogens is 2. The largest absolute Gasteiger partial charge is 0.370 e. The Labute approximate surface area is 129 Å². The van der Waals surface area contributed by atoms with E-state index in [4.69, 9.17) is 5.73 Å². The van der Waals surface area contributed by atoms with Crippen LogP contribution in [0.5, 0.6) is 0 Å². The Hall–Kier alpha value is -1.52. The fraction of sp³-hybridized carbons (Fsp3) is 0.750. The Bertz CT molecular complexity index is 405. The van der Waals surface area contributed by atoms with Crippen LogP contribution in [0.4, 0.5) is 17.6 Å². The molecule has 0 aliphatic heterocycles. The predicted molar refractivity (Wildman–Crippen MR) is 91.7 cm³/mol. The van der Waals surface area contributed by atoms with Crippen LogP contribution in [0.3, 0.4) is 0 Å². The molecule has 0 unspecified atom stereocenters. The van der Waals surface area contributed by atoms with Gasteiger partial charge in [0.15, 0.2) is 0 Å². The van der Waals surface area contributed by atoms with Gasteiger partial charge in [0.2, 0.25) is 5.95 Å². The molecule has 1 heterocycles. The van der Waals surface area contributed by atoms with Crippen LogP contribution in [0.1, 0.15) is 47.5 Å². The van der Waals surface area contributed by atoms with Gasteiger partial charge in [-0.1, -0.05) is 27.7 Å². The van der Waals surface area contributed by atoms with E-state index >= 15 is 0 Å². The molecule has 21 heavy (non-hydrogen) atoms. The summed E-state index contributed by atoms with van der Waals surface area (Å²) in [5.41, 5.74) is 5.85. The van der Waals surface area contributed by atoms with Crippen LogP contribution in [0.15, 0.2) is 6.07 Å². The van der Waals surface area contributed by atoms with Crippen LogP contribution in [0, 0.1) is 11.8 Å². The van der Waals surface area contributed by atoms with Gasteiger partial charge in [0.25, 0.3) is 0 Å². The maximum Gasteiger partial charge on any atom is 0.223 e. The minimum atomic E-state index is 0.336. The number of nitrogen functional groups attached to an aromatic ring is 1. The first kappa shape index (κ1) is 17.5. The van der Waals surface area contributed by atoms with Crippen LogP contribution < -0.4 is 16.0 Å². The van der Waals surface area contributed by atoms with Crippen molar-refractivity contribution < 1.29 is 0 Å². The summed E-state index contributed by atoms with van der Waals surface area (Å²) in [7, 11) is 0. The summed E-state index contributed by atoms with van der Waals surface area (Å²) in [6.07, 6.45) is 2.30. The highest BCUT2D eigenvalue weighted by molar-refractivity contribution is 5.52. The zero-order chi connectivity index (χ0) is 15.8. The monoisotopic (exact) mass is 293 g/mol. The molecule has 0 fully saturated rings. The van der Waals surface area contributed by atoms with Gasteiger partial charge in [-0.15, -0.1) is 0 Å². The first-order valence-corrected chi connectivity index (χ1v) is 8.05. The van der Waals surface area contributed by atoms with Crippen LogP contribution in [-0.4, -0.2) is 29.6 Å². The molecule has 1 aromatic heterocycles. The molecule has 0 spiro atoms. The first-order chi connectivity index (χ1) is 9.92. The summed E-state index contributed by atoms with van der Waals surface area (Å²) in [5, 5.41) is 3.22. The van der Waals surface area contributed by atoms with E-state index < -0.39 is 0 Å². The van der Waals surface area contributed by atoms with E-state index in [2.05, 4.69) is 47.9 Å². The Morgan fingerprint density at radius 1 is 1.10 bits per heavy atom. The number of rotatable bonds is 9. The van der Waals surface area contributed by atoms with E-state index in [1.54, 1.807) is 0 Å². The number of nitrogens with zero attached hydrogens (tertiary/aromatic N) is 3. The van der Waals surface area contributed by atoms with Crippen molar-refractivity contribution in [2.75, 3.05) is 35.6 Å². The van der Waals surface area contributed by atoms with Crippen molar-refractivity contribution in [3.8, 4) is 0 Å². The Kier molecular flexibility index (Phi) is 7.26. The van der Waals surface area contributed by atoms with Crippen molar-refractivity contribution >= 4 is 17.6 Å². The summed E-state index contributed by atoms with van der Waals surface area (Å²) in [6, 6.07) is 2.00. The SMILES string of the molecule is CCNc1cc(N(CCC(C)C)CCC(C)C)nc(N)n1. The topological polar surface area (TPSA) is 67.1 Å². The van der Waals surface area contributed by atoms with Crippen molar-refractivity contribution in [1.82, 2.24) is 9.97 Å². The van der Waals surface area contributed by atoms with Gasteiger partial charge in [-0.2, -0.15) is 9.97 Å². The van der Waals surface area contributed by atoms with Gasteiger partial charge in [-0.3, -0.25) is 0 Å². The van der Waals surface area contributed by atoms with E-state index in [1.165, 1.54) is 0 Å². The van der Waals surface area contributed by atoms with Crippen LogP contribution >= 0.6 is 0 Å². The lowest BCUT2D eigenvalue weighted by Crippen LogP contribution is -2.29. The van der Waals surface area contributed by atoms with Gasteiger partial charge >= 0.3 is 0 Å². The highest BCUT2D eigenvalue weighted by atomic mass is 15.2. The standard InChI is InChI=1S/C16H31N5/c1-6-18-14-11-15(20-16(17)19-14)21(9-7-12(2)3)10-8-13(4)5/h11-13H,6-10H2,1-5H3,(H3,17,18,19,20). The maximum absolute atomic E-state index is 5.85. The van der Waals surface area contributed by atoms with E-state index in [-0.39, 0.29) is 0 Å². The first-order valence-electron chi connectivity index (χ1n) is 8.05. The van der Waals surface area contributed by atoms with Crippen LogP contribution in [0.2, 0.25) is 0 Å². The van der Waals surface area contributed by atoms with Gasteiger partial charge in [0, 0.05) is 25.7 Å². The van der Waals surface area contributed by atoms with Gasteiger partial charge < -0.3 is 16.0 Å². The summed E-state index contributed by atoms with van der Waals surface area (Å²) in [6.45, 7) is 13.9. The molecule has 5 heteroatoms. The van der Waals surface area contributed by atoms with Gasteiger partial charge in [0.1, 0.15) is 11.6 Å². The minimum absolute atomic E-state index is 0.336. The lowest BCUT2D eigenvalue weighted by molar-refractivity contribution is 0.533. The number of nitrogens with two attached hydrogens (primary N) is 1. The second-order valence-electron chi connectivity index (χ2n) is 6.35. The number of hydrogen-bond acceptors (Lipinski definition) is 5. The molecule has 1 aromatic rings. The molecule has 0 bridgehead atoms. The number of anilines is 3. The van der Waals surface area contributed by atoms with Crippen molar-refractivity contribution in [3.63, 3.8) is 0 Å². The average Bonchev–Trinajstić information content (AvgIpc) is 2.37. The predicted octanol–water partition coefficient (Wildman–Crippen LogP) is 3.39. The minimum Gasteiger partial charge on any atom is -0.370 e. The normalized spacial score (nSPS) is 11.2. The Morgan fingerprint density at radius 2 is 1.67 bits per heavy atom. The number of hydrogen-bond donors (Lipinski definition) is 2. The fourth-order valence-electron chi connectivity index (χ4n) is 2.06. The van der Waals surface area contributed by atoms with Gasteiger partial charge in [-0.05, 0) is 31.6 Å². The smallest absolute Gasteiger partial charge is 0.223 e. The third-order valence-corrected chi connectivity index (χ3v) is 3.36. The fourth-order valence-corrected chi connectivity index (χ4v) is 2.06. The van der Waals surface area contributed by atoms with E-state index in [0.29, 0.717) is 17.8 Å². The molecule has 120 valence electrons. The van der Waals surface area contributed by atoms with E-state index in [1.807, 2.05) is 13.0 Å². The van der Waals surface area contributed by atoms with Crippen molar-refractivity contribution in [3.05, 3.63) is 6.07 Å². The van der Waals surface area contributed by atoms with Crippen LogP contribution in [-0.2, 0) is 0 Å². The molecule has 0 aliphatic rings. The lowest BCUT2D eigenvalue weighted by Gasteiger charge is -2.26. The molecule has 3 N–H and O–H groups in total. The zero-order valence-corrected chi connectivity index (χ0v) is 14.2. The third kappa shape index (κ3) is 6.65. The highest BCUT2D eigenvalue weighted by Gasteiger charge is 2.12. The third-order valence-electron chi connectivity index (χ3n) is 3.36. The molecule has 1 rings (SSSR count). The van der Waals surface area contributed by atoms with E-state index in [0.717, 1.165) is 44.1 Å². The van der Waals surface area contributed by atoms with Gasteiger partial charge in [-0.25, -0.2) is 0 Å². The van der Waals surface area contributed by atoms with Crippen molar-refractivity contribution in [2.24, 2.45) is 11.8 Å². The molecule has 0 aromatic carbocycles. The molecule has 0 amide bonds. The second kappa shape index (κ2) is 8.70. The second-order valence-corrected chi connectivity index (χ2v) is 6.35. The van der Waals surface area contributed by atoms with E-state index in [9.17, 15) is 0 Å². The summed E-state index contributed by atoms with van der Waals surface area (Å²) in [5.74, 6) is 3.43. The highest BCUT2D eigenvalue weighted by Crippen LogP contribution is 2.19. The molecule has 5 nitrogen and oxygen atoms in total. The maximum atomic E-state index is 5.85. The molecule has 0 radical (unpaired) electrons. The number of nitrogens with one attached hydrogen (secondary N) is 1. The molecule has 0 saturated carbocycles. The molecule has 0 saturated heterocycles. The summed E-state index contributed by atoms with van der Waals surface area (Å²) < 4.78 is 0. The quantitative estimate of drug-likeness (QED) is 0.730. The average molecular weight is 293 g/mol. The Balaban J connectivity index is 2.88. The van der Waals surface area contributed by atoms with Crippen LogP contribution in [0.25, 0.3) is 0 Å². The van der Waals surface area contributed by atoms with Gasteiger partial charge in [0.05, 0.1) is 0 Å². The lowest BCUT2D eigenvalue weighted by atomic mass is 10.1. The Morgan fingerprint density at radius 3 is 2.14 bits per heavy atom. The summed E-state index contributed by atoms with van der Waals surface area (Å²) in [4.78, 5) is 11.0. The van der Waals surface area contributed by atoms with Crippen molar-refractivity contribution in [1.29, 1.82) is 0 Å². The molecule has 0 aliphatic carbocycles. The zero-order valence-electron chi connectivity index (χ0n) is 14.2. The van der Waals surface area contributed by atoms with Crippen molar-refractivity contribution in [2.45, 2.75) is 47.5 Å². The molecular weight excluding hydrogens is 262 g/mol. The molecular formula is C16H31N5.